The summed E-state index contributed by atoms with van der Waals surface area (Å²) in [6.07, 6.45) is 4.73. The first-order valence-electron chi connectivity index (χ1n) is 5.03. The van der Waals surface area contributed by atoms with E-state index >= 15 is 0 Å². The molecule has 0 aromatic carbocycles. The molecule has 0 fully saturated rings. The molecule has 15 heavy (non-hydrogen) atoms. The highest BCUT2D eigenvalue weighted by Gasteiger charge is 2.12. The first-order chi connectivity index (χ1) is 7.24. The third kappa shape index (κ3) is 1.63. The van der Waals surface area contributed by atoms with Crippen LogP contribution in [0.3, 0.4) is 0 Å². The normalized spacial score (nSPS) is 10.8. The molecule has 4 nitrogen and oxygen atoms in total. The number of nitrogens with zero attached hydrogens (tertiary/aromatic N) is 3. The number of rotatable bonds is 3. The van der Waals surface area contributed by atoms with Crippen LogP contribution in [0.15, 0.2) is 18.6 Å². The molecule has 0 atom stereocenters. The van der Waals surface area contributed by atoms with Crippen LogP contribution in [-0.2, 0) is 7.05 Å². The average Bonchev–Trinajstić information content (AvgIpc) is 2.61. The summed E-state index contributed by atoms with van der Waals surface area (Å²) in [5.74, 6) is 0.0936. The Morgan fingerprint density at radius 3 is 3.00 bits per heavy atom. The van der Waals surface area contributed by atoms with Crippen molar-refractivity contribution >= 4 is 16.8 Å². The Labute approximate surface area is 88.0 Å². The van der Waals surface area contributed by atoms with Gasteiger partial charge < -0.3 is 4.57 Å². The van der Waals surface area contributed by atoms with Gasteiger partial charge in [-0.3, -0.25) is 4.79 Å². The standard InChI is InChI=1S/C11H13N3O/c1-3-4-9(15)10-8-5-6-14(2)11(8)13-7-12-10/h5-7H,3-4H2,1-2H3. The van der Waals surface area contributed by atoms with Gasteiger partial charge in [0.25, 0.3) is 0 Å². The van der Waals surface area contributed by atoms with Crippen LogP contribution in [0, 0.1) is 0 Å². The monoisotopic (exact) mass is 203 g/mol. The Morgan fingerprint density at radius 2 is 2.27 bits per heavy atom. The van der Waals surface area contributed by atoms with E-state index in [9.17, 15) is 4.79 Å². The van der Waals surface area contributed by atoms with Crippen molar-refractivity contribution in [3.63, 3.8) is 0 Å². The van der Waals surface area contributed by atoms with E-state index in [0.717, 1.165) is 17.5 Å². The molecule has 78 valence electrons. The topological polar surface area (TPSA) is 47.8 Å². The number of aryl methyl sites for hydroxylation is 1. The van der Waals surface area contributed by atoms with Crippen molar-refractivity contribution in [2.24, 2.45) is 7.05 Å². The van der Waals surface area contributed by atoms with Gasteiger partial charge in [0.15, 0.2) is 5.78 Å². The fraction of sp³-hybridized carbons (Fsp3) is 0.364. The summed E-state index contributed by atoms with van der Waals surface area (Å²) >= 11 is 0. The van der Waals surface area contributed by atoms with Gasteiger partial charge in [0.2, 0.25) is 0 Å². The largest absolute Gasteiger partial charge is 0.335 e. The van der Waals surface area contributed by atoms with Gasteiger partial charge in [-0.25, -0.2) is 9.97 Å². The lowest BCUT2D eigenvalue weighted by atomic mass is 10.1. The number of hydrogen-bond donors (Lipinski definition) is 0. The van der Waals surface area contributed by atoms with Crippen LogP contribution >= 0.6 is 0 Å². The van der Waals surface area contributed by atoms with Crippen molar-refractivity contribution in [1.29, 1.82) is 0 Å². The van der Waals surface area contributed by atoms with E-state index in [-0.39, 0.29) is 5.78 Å². The van der Waals surface area contributed by atoms with Crippen LogP contribution in [0.1, 0.15) is 30.3 Å². The maximum atomic E-state index is 11.8. The maximum absolute atomic E-state index is 11.8. The van der Waals surface area contributed by atoms with E-state index in [1.165, 1.54) is 6.33 Å². The minimum Gasteiger partial charge on any atom is -0.335 e. The third-order valence-electron chi connectivity index (χ3n) is 2.40. The number of carbonyl (C=O) groups is 1. The Hall–Kier alpha value is -1.71. The summed E-state index contributed by atoms with van der Waals surface area (Å²) in [5, 5.41) is 0.846. The van der Waals surface area contributed by atoms with Crippen LogP contribution < -0.4 is 0 Å². The van der Waals surface area contributed by atoms with Gasteiger partial charge in [-0.05, 0) is 12.5 Å². The van der Waals surface area contributed by atoms with Crippen LogP contribution in [0.4, 0.5) is 0 Å². The molecule has 0 N–H and O–H groups in total. The van der Waals surface area contributed by atoms with E-state index in [1.807, 2.05) is 30.8 Å². The lowest BCUT2D eigenvalue weighted by molar-refractivity contribution is 0.0978. The molecule has 2 heterocycles. The van der Waals surface area contributed by atoms with Crippen molar-refractivity contribution < 1.29 is 4.79 Å². The van der Waals surface area contributed by atoms with E-state index in [0.29, 0.717) is 12.1 Å². The van der Waals surface area contributed by atoms with Crippen molar-refractivity contribution in [3.05, 3.63) is 24.3 Å². The molecule has 2 rings (SSSR count). The quantitative estimate of drug-likeness (QED) is 0.716. The van der Waals surface area contributed by atoms with Gasteiger partial charge in [-0.2, -0.15) is 0 Å². The van der Waals surface area contributed by atoms with Gasteiger partial charge in [0.1, 0.15) is 17.7 Å². The first-order valence-corrected chi connectivity index (χ1v) is 5.03. The molecule has 2 aromatic rings. The van der Waals surface area contributed by atoms with Crippen LogP contribution in [0.5, 0.6) is 0 Å². The van der Waals surface area contributed by atoms with Gasteiger partial charge in [0, 0.05) is 25.1 Å². The summed E-state index contributed by atoms with van der Waals surface area (Å²) < 4.78 is 1.89. The lowest BCUT2D eigenvalue weighted by Crippen LogP contribution is -2.03. The van der Waals surface area contributed by atoms with E-state index in [1.54, 1.807) is 0 Å². The van der Waals surface area contributed by atoms with E-state index < -0.39 is 0 Å². The molecule has 0 aliphatic heterocycles. The van der Waals surface area contributed by atoms with Gasteiger partial charge in [0.05, 0.1) is 0 Å². The number of ketones is 1. The molecule has 0 saturated heterocycles. The molecule has 4 heteroatoms. The fourth-order valence-corrected chi connectivity index (χ4v) is 1.65. The molecule has 0 amide bonds. The SMILES string of the molecule is CCCC(=O)c1ncnc2c1ccn2C. The molecule has 0 aliphatic carbocycles. The Morgan fingerprint density at radius 1 is 1.47 bits per heavy atom. The highest BCUT2D eigenvalue weighted by atomic mass is 16.1. The summed E-state index contributed by atoms with van der Waals surface area (Å²) in [6, 6.07) is 1.89. The zero-order valence-corrected chi connectivity index (χ0v) is 8.90. The zero-order chi connectivity index (χ0) is 10.8. The van der Waals surface area contributed by atoms with E-state index in [4.69, 9.17) is 0 Å². The van der Waals surface area contributed by atoms with E-state index in [2.05, 4.69) is 9.97 Å². The van der Waals surface area contributed by atoms with Crippen LogP contribution in [0.25, 0.3) is 11.0 Å². The van der Waals surface area contributed by atoms with Crippen molar-refractivity contribution in [1.82, 2.24) is 14.5 Å². The number of aromatic nitrogens is 3. The second-order valence-corrected chi connectivity index (χ2v) is 3.56. The summed E-state index contributed by atoms with van der Waals surface area (Å²) in [4.78, 5) is 20.0. The predicted molar refractivity (Wildman–Crippen MR) is 57.7 cm³/mol. The second kappa shape index (κ2) is 3.81. The highest BCUT2D eigenvalue weighted by molar-refractivity contribution is 6.04. The first kappa shape index (κ1) is 9.83. The van der Waals surface area contributed by atoms with Crippen molar-refractivity contribution in [2.45, 2.75) is 19.8 Å². The van der Waals surface area contributed by atoms with Gasteiger partial charge in [-0.1, -0.05) is 6.92 Å². The molecule has 0 saturated carbocycles. The van der Waals surface area contributed by atoms with Crippen LogP contribution in [0.2, 0.25) is 0 Å². The Kier molecular flexibility index (Phi) is 2.49. The maximum Gasteiger partial charge on any atom is 0.181 e. The molecule has 2 aromatic heterocycles. The smallest absolute Gasteiger partial charge is 0.181 e. The average molecular weight is 203 g/mol. The van der Waals surface area contributed by atoms with Gasteiger partial charge >= 0.3 is 0 Å². The summed E-state index contributed by atoms with van der Waals surface area (Å²) in [6.45, 7) is 1.99. The summed E-state index contributed by atoms with van der Waals surface area (Å²) in [7, 11) is 1.91. The number of Topliss-reactive ketones (excluding diaryl/α,β-unsaturated/α-hetero) is 1. The molecule has 0 radical (unpaired) electrons. The lowest BCUT2D eigenvalue weighted by Gasteiger charge is -2.00. The Balaban J connectivity index is 2.56. The minimum absolute atomic E-state index is 0.0936. The summed E-state index contributed by atoms with van der Waals surface area (Å²) in [5.41, 5.74) is 1.35. The zero-order valence-electron chi connectivity index (χ0n) is 8.90. The second-order valence-electron chi connectivity index (χ2n) is 3.56. The van der Waals surface area contributed by atoms with Crippen molar-refractivity contribution in [3.8, 4) is 0 Å². The third-order valence-corrected chi connectivity index (χ3v) is 2.40. The van der Waals surface area contributed by atoms with Gasteiger partial charge in [-0.15, -0.1) is 0 Å². The number of fused-ring (bicyclic) bond motifs is 1. The minimum atomic E-state index is 0.0936. The molecular weight excluding hydrogens is 190 g/mol. The molecular formula is C11H13N3O. The fourth-order valence-electron chi connectivity index (χ4n) is 1.65. The molecule has 0 spiro atoms. The highest BCUT2D eigenvalue weighted by Crippen LogP contribution is 2.16. The Bertz CT molecular complexity index is 502. The van der Waals surface area contributed by atoms with Crippen LogP contribution in [-0.4, -0.2) is 20.3 Å². The van der Waals surface area contributed by atoms with Crippen molar-refractivity contribution in [2.75, 3.05) is 0 Å². The molecule has 0 aliphatic rings. The molecule has 0 bridgehead atoms. The predicted octanol–water partition coefficient (Wildman–Crippen LogP) is 1.95. The number of carbonyl (C=O) groups excluding carboxylic acids is 1. The number of hydrogen-bond acceptors (Lipinski definition) is 3. The molecule has 0 unspecified atom stereocenters.